The second-order valence-corrected chi connectivity index (χ2v) is 5.18. The Morgan fingerprint density at radius 3 is 2.60 bits per heavy atom. The lowest BCUT2D eigenvalue weighted by atomic mass is 9.84. The van der Waals surface area contributed by atoms with Crippen LogP contribution in [-0.4, -0.2) is 36.4 Å². The minimum absolute atomic E-state index is 0.0287. The van der Waals surface area contributed by atoms with Gasteiger partial charge in [-0.15, -0.1) is 0 Å². The fourth-order valence-corrected chi connectivity index (χ4v) is 1.83. The van der Waals surface area contributed by atoms with Crippen molar-refractivity contribution in [2.24, 2.45) is 5.41 Å². The minimum atomic E-state index is -0.512. The zero-order valence-electron chi connectivity index (χ0n) is 9.80. The molecule has 1 aliphatic rings. The van der Waals surface area contributed by atoms with Crippen LogP contribution < -0.4 is 5.32 Å². The molecule has 0 saturated carbocycles. The molecular formula is C11H21NO3. The Hall–Kier alpha value is -0.610. The zero-order valence-corrected chi connectivity index (χ0v) is 9.80. The highest BCUT2D eigenvalue weighted by molar-refractivity contribution is 5.78. The van der Waals surface area contributed by atoms with Crippen molar-refractivity contribution in [1.29, 1.82) is 0 Å². The highest BCUT2D eigenvalue weighted by atomic mass is 16.6. The van der Waals surface area contributed by atoms with Crippen LogP contribution in [0.25, 0.3) is 0 Å². The Balaban J connectivity index is 2.68. The van der Waals surface area contributed by atoms with Crippen molar-refractivity contribution in [2.75, 3.05) is 19.7 Å². The molecule has 88 valence electrons. The second kappa shape index (κ2) is 4.49. The van der Waals surface area contributed by atoms with Crippen molar-refractivity contribution in [3.05, 3.63) is 0 Å². The molecule has 1 atom stereocenters. The average Bonchev–Trinajstić information content (AvgIpc) is 2.51. The van der Waals surface area contributed by atoms with Crippen molar-refractivity contribution >= 4 is 5.97 Å². The molecule has 1 rings (SSSR count). The van der Waals surface area contributed by atoms with E-state index < -0.39 is 11.0 Å². The Morgan fingerprint density at radius 1 is 1.53 bits per heavy atom. The highest BCUT2D eigenvalue weighted by Gasteiger charge is 2.43. The summed E-state index contributed by atoms with van der Waals surface area (Å²) in [6.45, 7) is 7.04. The van der Waals surface area contributed by atoms with E-state index in [0.717, 1.165) is 13.0 Å². The Morgan fingerprint density at radius 2 is 2.20 bits per heavy atom. The molecule has 4 nitrogen and oxygen atoms in total. The summed E-state index contributed by atoms with van der Waals surface area (Å²) in [4.78, 5) is 12.0. The smallest absolute Gasteiger partial charge is 0.314 e. The summed E-state index contributed by atoms with van der Waals surface area (Å²) < 4.78 is 5.39. The molecule has 0 aromatic carbocycles. The van der Waals surface area contributed by atoms with Gasteiger partial charge in [-0.1, -0.05) is 0 Å². The predicted octanol–water partition coefficient (Wildman–Crippen LogP) is 0.690. The van der Waals surface area contributed by atoms with Gasteiger partial charge in [0.1, 0.15) is 5.60 Å². The van der Waals surface area contributed by atoms with E-state index in [1.54, 1.807) is 0 Å². The van der Waals surface area contributed by atoms with Crippen LogP contribution in [0.4, 0.5) is 0 Å². The molecular weight excluding hydrogens is 194 g/mol. The van der Waals surface area contributed by atoms with Crippen LogP contribution in [0.2, 0.25) is 0 Å². The van der Waals surface area contributed by atoms with Crippen LogP contribution in [0.5, 0.6) is 0 Å². The van der Waals surface area contributed by atoms with Crippen LogP contribution in [-0.2, 0) is 9.53 Å². The summed E-state index contributed by atoms with van der Waals surface area (Å²) >= 11 is 0. The normalized spacial score (nSPS) is 26.7. The van der Waals surface area contributed by atoms with Crippen LogP contribution >= 0.6 is 0 Å². The van der Waals surface area contributed by atoms with Crippen LogP contribution in [0.1, 0.15) is 33.6 Å². The number of carbonyl (C=O) groups excluding carboxylic acids is 1. The molecule has 1 aliphatic heterocycles. The highest BCUT2D eigenvalue weighted by Crippen LogP contribution is 2.32. The van der Waals surface area contributed by atoms with Crippen molar-refractivity contribution in [3.8, 4) is 0 Å². The van der Waals surface area contributed by atoms with Crippen LogP contribution in [0, 0.1) is 5.41 Å². The second-order valence-electron chi connectivity index (χ2n) is 5.18. The summed E-state index contributed by atoms with van der Waals surface area (Å²) in [5.41, 5.74) is -0.968. The number of hydrogen-bond acceptors (Lipinski definition) is 4. The van der Waals surface area contributed by atoms with Gasteiger partial charge in [-0.3, -0.25) is 4.79 Å². The first kappa shape index (κ1) is 12.5. The third-order valence-electron chi connectivity index (χ3n) is 2.67. The number of hydrogen-bond donors (Lipinski definition) is 2. The molecule has 1 saturated heterocycles. The molecule has 1 fully saturated rings. The summed E-state index contributed by atoms with van der Waals surface area (Å²) in [7, 11) is 0. The molecule has 1 heterocycles. The van der Waals surface area contributed by atoms with Crippen LogP contribution in [0.15, 0.2) is 0 Å². The minimum Gasteiger partial charge on any atom is -0.460 e. The van der Waals surface area contributed by atoms with Gasteiger partial charge in [0.15, 0.2) is 0 Å². The van der Waals surface area contributed by atoms with Crippen molar-refractivity contribution in [1.82, 2.24) is 5.32 Å². The number of nitrogens with one attached hydrogen (secondary N) is 1. The van der Waals surface area contributed by atoms with Gasteiger partial charge < -0.3 is 15.2 Å². The molecule has 0 aromatic rings. The SMILES string of the molecule is CC(C)(C)OC(=O)C1(CCO)CCNC1. The molecule has 15 heavy (non-hydrogen) atoms. The van der Waals surface area contributed by atoms with Crippen molar-refractivity contribution in [3.63, 3.8) is 0 Å². The molecule has 4 heteroatoms. The number of rotatable bonds is 3. The van der Waals surface area contributed by atoms with Gasteiger partial charge in [0.05, 0.1) is 5.41 Å². The topological polar surface area (TPSA) is 58.6 Å². The molecule has 2 N–H and O–H groups in total. The lowest BCUT2D eigenvalue weighted by molar-refractivity contribution is -0.167. The van der Waals surface area contributed by atoms with Gasteiger partial charge in [-0.05, 0) is 40.2 Å². The first-order chi connectivity index (χ1) is 6.90. The third kappa shape index (κ3) is 3.18. The summed E-state index contributed by atoms with van der Waals surface area (Å²) in [5, 5.41) is 12.2. The number of esters is 1. The zero-order chi connectivity index (χ0) is 11.5. The number of aliphatic hydroxyl groups is 1. The van der Waals surface area contributed by atoms with Gasteiger partial charge in [0.2, 0.25) is 0 Å². The van der Waals surface area contributed by atoms with E-state index in [9.17, 15) is 4.79 Å². The van der Waals surface area contributed by atoms with E-state index in [2.05, 4.69) is 5.32 Å². The fourth-order valence-electron chi connectivity index (χ4n) is 1.83. The largest absolute Gasteiger partial charge is 0.460 e. The predicted molar refractivity (Wildman–Crippen MR) is 57.5 cm³/mol. The van der Waals surface area contributed by atoms with Gasteiger partial charge >= 0.3 is 5.97 Å². The van der Waals surface area contributed by atoms with E-state index in [1.807, 2.05) is 20.8 Å². The summed E-state index contributed by atoms with van der Waals surface area (Å²) in [5.74, 6) is -0.186. The Labute approximate surface area is 91.0 Å². The fraction of sp³-hybridized carbons (Fsp3) is 0.909. The maximum absolute atomic E-state index is 12.0. The molecule has 0 aliphatic carbocycles. The molecule has 1 unspecified atom stereocenters. The van der Waals surface area contributed by atoms with Crippen molar-refractivity contribution in [2.45, 2.75) is 39.2 Å². The van der Waals surface area contributed by atoms with E-state index in [4.69, 9.17) is 9.84 Å². The van der Waals surface area contributed by atoms with Gasteiger partial charge in [-0.2, -0.15) is 0 Å². The lowest BCUT2D eigenvalue weighted by Gasteiger charge is -2.30. The average molecular weight is 215 g/mol. The molecule has 0 amide bonds. The van der Waals surface area contributed by atoms with E-state index in [1.165, 1.54) is 0 Å². The van der Waals surface area contributed by atoms with Gasteiger partial charge in [-0.25, -0.2) is 0 Å². The molecule has 0 aromatic heterocycles. The summed E-state index contributed by atoms with van der Waals surface area (Å²) in [6.07, 6.45) is 1.23. The summed E-state index contributed by atoms with van der Waals surface area (Å²) in [6, 6.07) is 0. The van der Waals surface area contributed by atoms with Gasteiger partial charge in [0, 0.05) is 13.2 Å². The molecule has 0 bridgehead atoms. The van der Waals surface area contributed by atoms with Crippen LogP contribution in [0.3, 0.4) is 0 Å². The maximum Gasteiger partial charge on any atom is 0.314 e. The standard InChI is InChI=1S/C11H21NO3/c1-10(2,3)15-9(14)11(5-7-13)4-6-12-8-11/h12-13H,4-8H2,1-3H3. The monoisotopic (exact) mass is 215 g/mol. The Kier molecular flexibility index (Phi) is 3.73. The quantitative estimate of drug-likeness (QED) is 0.680. The third-order valence-corrected chi connectivity index (χ3v) is 2.67. The first-order valence-corrected chi connectivity index (χ1v) is 5.45. The first-order valence-electron chi connectivity index (χ1n) is 5.45. The van der Waals surface area contributed by atoms with E-state index in [0.29, 0.717) is 13.0 Å². The van der Waals surface area contributed by atoms with E-state index >= 15 is 0 Å². The Bertz CT molecular complexity index is 226. The maximum atomic E-state index is 12.0. The lowest BCUT2D eigenvalue weighted by Crippen LogP contribution is -2.40. The number of carbonyl (C=O) groups is 1. The number of ether oxygens (including phenoxy) is 1. The van der Waals surface area contributed by atoms with Gasteiger partial charge in [0.25, 0.3) is 0 Å². The molecule has 0 radical (unpaired) electrons. The van der Waals surface area contributed by atoms with E-state index in [-0.39, 0.29) is 12.6 Å². The van der Waals surface area contributed by atoms with Crippen molar-refractivity contribution < 1.29 is 14.6 Å². The number of aliphatic hydroxyl groups excluding tert-OH is 1. The molecule has 0 spiro atoms.